The van der Waals surface area contributed by atoms with Crippen molar-refractivity contribution in [1.82, 2.24) is 14.5 Å². The van der Waals surface area contributed by atoms with Gasteiger partial charge in [-0.3, -0.25) is 14.7 Å². The number of ether oxygens (including phenoxy) is 1. The van der Waals surface area contributed by atoms with Gasteiger partial charge in [-0.2, -0.15) is 0 Å². The highest BCUT2D eigenvalue weighted by Gasteiger charge is 2.27. The number of nitrogens with zero attached hydrogens (tertiary/aromatic N) is 4. The topological polar surface area (TPSA) is 138 Å². The maximum absolute atomic E-state index is 12.7. The van der Waals surface area contributed by atoms with E-state index >= 15 is 0 Å². The lowest BCUT2D eigenvalue weighted by atomic mass is 10.1. The summed E-state index contributed by atoms with van der Waals surface area (Å²) >= 11 is 6.60. The number of carbonyl (C=O) groups is 1. The molecule has 10 nitrogen and oxygen atoms in total. The van der Waals surface area contributed by atoms with Gasteiger partial charge in [0.2, 0.25) is 11.6 Å². The zero-order chi connectivity index (χ0) is 22.8. The summed E-state index contributed by atoms with van der Waals surface area (Å²) in [5.41, 5.74) is 5.88. The molecule has 0 aliphatic heterocycles. The summed E-state index contributed by atoms with van der Waals surface area (Å²) in [6.45, 7) is 1.83. The van der Waals surface area contributed by atoms with Crippen molar-refractivity contribution in [3.8, 4) is 5.69 Å². The molecule has 2 aromatic heterocycles. The zero-order valence-electron chi connectivity index (χ0n) is 16.6. The lowest BCUT2D eigenvalue weighted by Crippen LogP contribution is -2.11. The van der Waals surface area contributed by atoms with Gasteiger partial charge in [0.1, 0.15) is 12.1 Å². The Bertz CT molecular complexity index is 1410. The second kappa shape index (κ2) is 8.69. The number of anilines is 3. The molecule has 0 fully saturated rings. The van der Waals surface area contributed by atoms with Gasteiger partial charge < -0.3 is 15.8 Å². The van der Waals surface area contributed by atoms with E-state index in [1.54, 1.807) is 11.5 Å². The number of carbonyl (C=O) groups excluding carboxylic acids is 1. The minimum Gasteiger partial charge on any atom is -0.462 e. The highest BCUT2D eigenvalue weighted by atomic mass is 32.1. The van der Waals surface area contributed by atoms with E-state index in [0.29, 0.717) is 9.64 Å². The van der Waals surface area contributed by atoms with Crippen LogP contribution in [-0.2, 0) is 4.74 Å². The van der Waals surface area contributed by atoms with E-state index < -0.39 is 16.6 Å². The molecule has 3 N–H and O–H groups in total. The van der Waals surface area contributed by atoms with Crippen LogP contribution >= 0.6 is 23.6 Å². The molecule has 0 atom stereocenters. The molecule has 2 heterocycles. The van der Waals surface area contributed by atoms with Crippen LogP contribution in [0.3, 0.4) is 0 Å². The number of nitro groups is 1. The summed E-state index contributed by atoms with van der Waals surface area (Å²) in [6, 6.07) is 13.3. The third kappa shape index (κ3) is 3.76. The molecular weight excluding hydrogens is 452 g/mol. The maximum Gasteiger partial charge on any atom is 0.353 e. The zero-order valence-corrected chi connectivity index (χ0v) is 18.3. The molecule has 0 aliphatic rings. The van der Waals surface area contributed by atoms with Crippen LogP contribution in [0.2, 0.25) is 0 Å². The maximum atomic E-state index is 12.7. The molecule has 4 rings (SSSR count). The van der Waals surface area contributed by atoms with Crippen molar-refractivity contribution in [2.45, 2.75) is 6.92 Å². The lowest BCUT2D eigenvalue weighted by molar-refractivity contribution is -0.383. The normalized spacial score (nSPS) is 10.8. The van der Waals surface area contributed by atoms with Gasteiger partial charge in [-0.05, 0) is 30.6 Å². The van der Waals surface area contributed by atoms with Gasteiger partial charge in [0.05, 0.1) is 17.2 Å². The first kappa shape index (κ1) is 21.3. The Morgan fingerprint density at radius 2 is 2.03 bits per heavy atom. The van der Waals surface area contributed by atoms with Crippen molar-refractivity contribution in [2.75, 3.05) is 17.7 Å². The van der Waals surface area contributed by atoms with E-state index in [4.69, 9.17) is 22.7 Å². The van der Waals surface area contributed by atoms with Gasteiger partial charge in [0, 0.05) is 5.39 Å². The Morgan fingerprint density at radius 3 is 2.78 bits per heavy atom. The van der Waals surface area contributed by atoms with Crippen LogP contribution in [-0.4, -0.2) is 32.0 Å². The van der Waals surface area contributed by atoms with Crippen molar-refractivity contribution in [3.63, 3.8) is 0 Å². The molecule has 0 radical (unpaired) electrons. The summed E-state index contributed by atoms with van der Waals surface area (Å²) in [5.74, 6) is -0.906. The number of nitrogen functional groups attached to an aromatic ring is 1. The number of benzene rings is 2. The lowest BCUT2D eigenvalue weighted by Gasteiger charge is -2.14. The van der Waals surface area contributed by atoms with Crippen LogP contribution in [0.4, 0.5) is 23.1 Å². The second-order valence-electron chi connectivity index (χ2n) is 6.44. The Balaban J connectivity index is 1.99. The predicted octanol–water partition coefficient (Wildman–Crippen LogP) is 4.62. The quantitative estimate of drug-likeness (QED) is 0.179. The number of nitrogens with two attached hydrogens (primary N) is 1. The van der Waals surface area contributed by atoms with Crippen LogP contribution < -0.4 is 11.1 Å². The van der Waals surface area contributed by atoms with Crippen LogP contribution in [0.25, 0.3) is 16.5 Å². The first-order valence-corrected chi connectivity index (χ1v) is 10.6. The van der Waals surface area contributed by atoms with E-state index in [9.17, 15) is 14.9 Å². The summed E-state index contributed by atoms with van der Waals surface area (Å²) in [7, 11) is 0. The minimum absolute atomic E-state index is 0.149. The van der Waals surface area contributed by atoms with Crippen LogP contribution in [0, 0.1) is 14.1 Å². The molecule has 4 aromatic rings. The van der Waals surface area contributed by atoms with Crippen LogP contribution in [0.1, 0.15) is 16.6 Å². The van der Waals surface area contributed by atoms with Gasteiger partial charge in [-0.1, -0.05) is 47.7 Å². The molecule has 32 heavy (non-hydrogen) atoms. The molecule has 0 unspecified atom stereocenters. The Labute approximate surface area is 190 Å². The smallest absolute Gasteiger partial charge is 0.353 e. The Morgan fingerprint density at radius 1 is 1.28 bits per heavy atom. The van der Waals surface area contributed by atoms with E-state index in [1.165, 1.54) is 0 Å². The summed E-state index contributed by atoms with van der Waals surface area (Å²) in [6.07, 6.45) is 1.10. The molecule has 12 heteroatoms. The van der Waals surface area contributed by atoms with Crippen molar-refractivity contribution < 1.29 is 14.5 Å². The SMILES string of the molecule is CCOC(=O)c1sc(=S)n(-c2cccc3ccccc23)c1Nc1ncnc(N)c1[N+](=O)[O-]. The van der Waals surface area contributed by atoms with Crippen LogP contribution in [0.15, 0.2) is 48.8 Å². The number of hydrogen-bond acceptors (Lipinski definition) is 10. The molecular formula is C20H16N6O4S2. The van der Waals surface area contributed by atoms with Gasteiger partial charge in [-0.25, -0.2) is 14.8 Å². The number of fused-ring (bicyclic) bond motifs is 1. The minimum atomic E-state index is -0.690. The molecule has 0 saturated carbocycles. The fourth-order valence-corrected chi connectivity index (χ4v) is 4.50. The molecule has 0 aliphatic carbocycles. The number of hydrogen-bond donors (Lipinski definition) is 2. The van der Waals surface area contributed by atoms with Crippen molar-refractivity contribution in [1.29, 1.82) is 0 Å². The standard InChI is InChI=1S/C20H16N6O4S2/c1-2-30-19(27)15-18(24-17-14(26(28)29)16(21)22-10-23-17)25(20(31)32-15)13-9-5-7-11-6-3-4-8-12(11)13/h3-10H,2H2,1H3,(H3,21,22,23,24). The predicted molar refractivity (Wildman–Crippen MR) is 124 cm³/mol. The first-order valence-electron chi connectivity index (χ1n) is 9.35. The van der Waals surface area contributed by atoms with E-state index in [-0.39, 0.29) is 28.9 Å². The second-order valence-corrected chi connectivity index (χ2v) is 8.08. The molecule has 0 spiro atoms. The number of thiazole rings is 1. The molecule has 162 valence electrons. The third-order valence-corrected chi connectivity index (χ3v) is 5.90. The fraction of sp³-hybridized carbons (Fsp3) is 0.100. The highest BCUT2D eigenvalue weighted by molar-refractivity contribution is 7.73. The fourth-order valence-electron chi connectivity index (χ4n) is 3.22. The third-order valence-electron chi connectivity index (χ3n) is 4.55. The summed E-state index contributed by atoms with van der Waals surface area (Å²) < 4.78 is 7.16. The Hall–Kier alpha value is -3.90. The molecule has 0 saturated heterocycles. The van der Waals surface area contributed by atoms with E-state index in [2.05, 4.69) is 15.3 Å². The number of aromatic nitrogens is 3. The average Bonchev–Trinajstić information content (AvgIpc) is 3.09. The molecule has 0 bridgehead atoms. The van der Waals surface area contributed by atoms with Gasteiger partial charge in [-0.15, -0.1) is 0 Å². The van der Waals surface area contributed by atoms with Gasteiger partial charge >= 0.3 is 11.7 Å². The van der Waals surface area contributed by atoms with Crippen molar-refractivity contribution in [3.05, 3.63) is 67.7 Å². The number of rotatable bonds is 6. The molecule has 0 amide bonds. The van der Waals surface area contributed by atoms with Crippen molar-refractivity contribution >= 4 is 63.4 Å². The van der Waals surface area contributed by atoms with Crippen molar-refractivity contribution in [2.24, 2.45) is 0 Å². The molecule has 2 aromatic carbocycles. The van der Waals surface area contributed by atoms with E-state index in [1.807, 2.05) is 42.5 Å². The first-order chi connectivity index (χ1) is 15.4. The van der Waals surface area contributed by atoms with Crippen LogP contribution in [0.5, 0.6) is 0 Å². The van der Waals surface area contributed by atoms with E-state index in [0.717, 1.165) is 28.4 Å². The largest absolute Gasteiger partial charge is 0.462 e. The Kier molecular flexibility index (Phi) is 5.79. The summed E-state index contributed by atoms with van der Waals surface area (Å²) in [5, 5.41) is 16.3. The highest BCUT2D eigenvalue weighted by Crippen LogP contribution is 2.36. The number of esters is 1. The van der Waals surface area contributed by atoms with Gasteiger partial charge in [0.25, 0.3) is 0 Å². The average molecular weight is 469 g/mol. The number of nitrogens with one attached hydrogen (secondary N) is 1. The monoisotopic (exact) mass is 468 g/mol. The van der Waals surface area contributed by atoms with Gasteiger partial charge in [0.15, 0.2) is 8.83 Å². The summed E-state index contributed by atoms with van der Waals surface area (Å²) in [4.78, 5) is 31.4.